The second-order valence-corrected chi connectivity index (χ2v) is 6.36. The highest BCUT2D eigenvalue weighted by molar-refractivity contribution is 6.35. The number of benzene rings is 2. The maximum atomic E-state index is 6.43. The highest BCUT2D eigenvalue weighted by Gasteiger charge is 2.19. The molecule has 0 atom stereocenters. The predicted octanol–water partition coefficient (Wildman–Crippen LogP) is 4.07. The summed E-state index contributed by atoms with van der Waals surface area (Å²) in [6, 6.07) is 12.3. The lowest BCUT2D eigenvalue weighted by Gasteiger charge is -2.14. The van der Waals surface area contributed by atoms with Crippen molar-refractivity contribution in [3.8, 4) is 5.75 Å². The van der Waals surface area contributed by atoms with Crippen molar-refractivity contribution in [2.24, 2.45) is 0 Å². The Bertz CT molecular complexity index is 869. The van der Waals surface area contributed by atoms with E-state index in [0.29, 0.717) is 0 Å². The van der Waals surface area contributed by atoms with Gasteiger partial charge in [0.25, 0.3) is 0 Å². The van der Waals surface area contributed by atoms with Gasteiger partial charge in [-0.25, -0.2) is 0 Å². The smallest absolute Gasteiger partial charge is 0.122 e. The average molecular weight is 327 g/mol. The van der Waals surface area contributed by atoms with Gasteiger partial charge in [-0.15, -0.1) is 0 Å². The zero-order chi connectivity index (χ0) is 15.8. The molecule has 2 N–H and O–H groups in total. The largest absolute Gasteiger partial charge is 0.496 e. The van der Waals surface area contributed by atoms with Gasteiger partial charge in [0.15, 0.2) is 0 Å². The molecule has 2 heterocycles. The molecule has 0 aliphatic carbocycles. The van der Waals surface area contributed by atoms with E-state index < -0.39 is 0 Å². The number of nitrogens with one attached hydrogen (secondary N) is 2. The lowest BCUT2D eigenvalue weighted by Crippen LogP contribution is -2.23. The predicted molar refractivity (Wildman–Crippen MR) is 94.5 cm³/mol. The molecule has 1 aliphatic rings. The Hall–Kier alpha value is -1.97. The van der Waals surface area contributed by atoms with Crippen LogP contribution in [0.4, 0.5) is 0 Å². The first-order valence-electron chi connectivity index (χ1n) is 7.91. The lowest BCUT2D eigenvalue weighted by molar-refractivity contribution is 0.410. The number of aromatic amines is 1. The summed E-state index contributed by atoms with van der Waals surface area (Å²) in [6.07, 6.45) is 1.86. The van der Waals surface area contributed by atoms with E-state index in [1.807, 2.05) is 18.2 Å². The van der Waals surface area contributed by atoms with Crippen LogP contribution in [0.25, 0.3) is 10.9 Å². The molecule has 1 aromatic heterocycles. The molecule has 0 spiro atoms. The summed E-state index contributed by atoms with van der Waals surface area (Å²) < 4.78 is 5.50. The molecule has 0 amide bonds. The highest BCUT2D eigenvalue weighted by Crippen LogP contribution is 2.34. The number of para-hydroxylation sites is 1. The minimum Gasteiger partial charge on any atom is -0.496 e. The van der Waals surface area contributed by atoms with E-state index in [0.717, 1.165) is 42.2 Å². The molecule has 118 valence electrons. The monoisotopic (exact) mass is 326 g/mol. The first-order chi connectivity index (χ1) is 11.3. The standard InChI is InChI=1S/C19H19ClN2O/c1-23-17-5-3-2-4-12(17)10-13-6-7-15(20)19-18(13)14-11-21-9-8-16(14)22-19/h2-7,21-22H,8-11H2,1H3. The number of H-pyrrole nitrogens is 1. The number of hydrogen-bond donors (Lipinski definition) is 2. The molecule has 4 rings (SSSR count). The van der Waals surface area contributed by atoms with Crippen LogP contribution in [0.2, 0.25) is 5.02 Å². The normalized spacial score (nSPS) is 14.0. The Labute approximate surface area is 140 Å². The molecule has 3 aromatic rings. The first kappa shape index (κ1) is 14.6. The molecule has 1 aliphatic heterocycles. The van der Waals surface area contributed by atoms with Gasteiger partial charge in [0, 0.05) is 37.0 Å². The Morgan fingerprint density at radius 3 is 2.87 bits per heavy atom. The molecule has 0 bridgehead atoms. The van der Waals surface area contributed by atoms with E-state index in [1.165, 1.54) is 27.8 Å². The summed E-state index contributed by atoms with van der Waals surface area (Å²) in [7, 11) is 1.72. The van der Waals surface area contributed by atoms with Crippen LogP contribution in [-0.4, -0.2) is 18.6 Å². The third kappa shape index (κ3) is 2.50. The van der Waals surface area contributed by atoms with Gasteiger partial charge in [-0.05, 0) is 28.8 Å². The van der Waals surface area contributed by atoms with Crippen LogP contribution in [-0.2, 0) is 19.4 Å². The number of halogens is 1. The molecular formula is C19H19ClN2O. The molecule has 0 fully saturated rings. The van der Waals surface area contributed by atoms with Gasteiger partial charge in [-0.3, -0.25) is 0 Å². The molecular weight excluding hydrogens is 308 g/mol. The van der Waals surface area contributed by atoms with Crippen molar-refractivity contribution in [1.29, 1.82) is 0 Å². The van der Waals surface area contributed by atoms with E-state index in [-0.39, 0.29) is 0 Å². The van der Waals surface area contributed by atoms with Crippen LogP contribution in [0.15, 0.2) is 36.4 Å². The number of rotatable bonds is 3. The molecule has 0 radical (unpaired) electrons. The second-order valence-electron chi connectivity index (χ2n) is 5.95. The summed E-state index contributed by atoms with van der Waals surface area (Å²) in [4.78, 5) is 3.54. The van der Waals surface area contributed by atoms with E-state index in [1.54, 1.807) is 7.11 Å². The van der Waals surface area contributed by atoms with E-state index in [4.69, 9.17) is 16.3 Å². The van der Waals surface area contributed by atoms with Crippen molar-refractivity contribution in [3.05, 3.63) is 63.8 Å². The Balaban J connectivity index is 1.87. The number of fused-ring (bicyclic) bond motifs is 3. The van der Waals surface area contributed by atoms with Crippen LogP contribution >= 0.6 is 11.6 Å². The van der Waals surface area contributed by atoms with E-state index in [9.17, 15) is 0 Å². The van der Waals surface area contributed by atoms with Gasteiger partial charge in [-0.1, -0.05) is 35.9 Å². The summed E-state index contributed by atoms with van der Waals surface area (Å²) in [6.45, 7) is 1.91. The molecule has 23 heavy (non-hydrogen) atoms. The van der Waals surface area contributed by atoms with Crippen molar-refractivity contribution in [2.45, 2.75) is 19.4 Å². The van der Waals surface area contributed by atoms with Crippen molar-refractivity contribution >= 4 is 22.5 Å². The molecule has 4 heteroatoms. The quantitative estimate of drug-likeness (QED) is 0.761. The van der Waals surface area contributed by atoms with Gasteiger partial charge in [0.2, 0.25) is 0 Å². The average Bonchev–Trinajstić information content (AvgIpc) is 2.98. The summed E-state index contributed by atoms with van der Waals surface area (Å²) in [5.74, 6) is 0.929. The molecule has 0 unspecified atom stereocenters. The van der Waals surface area contributed by atoms with Gasteiger partial charge in [0.1, 0.15) is 5.75 Å². The number of methoxy groups -OCH3 is 1. The molecule has 3 nitrogen and oxygen atoms in total. The Kier molecular flexibility index (Phi) is 3.76. The van der Waals surface area contributed by atoms with Crippen LogP contribution in [0.1, 0.15) is 22.4 Å². The van der Waals surface area contributed by atoms with Crippen LogP contribution in [0.3, 0.4) is 0 Å². The fraction of sp³-hybridized carbons (Fsp3) is 0.263. The molecule has 2 aromatic carbocycles. The number of aromatic nitrogens is 1. The van der Waals surface area contributed by atoms with Crippen LogP contribution in [0, 0.1) is 0 Å². The zero-order valence-electron chi connectivity index (χ0n) is 13.1. The van der Waals surface area contributed by atoms with Gasteiger partial charge >= 0.3 is 0 Å². The van der Waals surface area contributed by atoms with Crippen molar-refractivity contribution < 1.29 is 4.74 Å². The zero-order valence-corrected chi connectivity index (χ0v) is 13.8. The summed E-state index contributed by atoms with van der Waals surface area (Å²) >= 11 is 6.43. The fourth-order valence-electron chi connectivity index (χ4n) is 3.50. The third-order valence-corrected chi connectivity index (χ3v) is 4.92. The van der Waals surface area contributed by atoms with Gasteiger partial charge in [0.05, 0.1) is 17.6 Å². The molecule has 0 saturated carbocycles. The highest BCUT2D eigenvalue weighted by atomic mass is 35.5. The Morgan fingerprint density at radius 2 is 2.00 bits per heavy atom. The van der Waals surface area contributed by atoms with E-state index >= 15 is 0 Å². The minimum absolute atomic E-state index is 0.790. The van der Waals surface area contributed by atoms with Crippen molar-refractivity contribution in [2.75, 3.05) is 13.7 Å². The topological polar surface area (TPSA) is 37.0 Å². The van der Waals surface area contributed by atoms with Crippen molar-refractivity contribution in [3.63, 3.8) is 0 Å². The Morgan fingerprint density at radius 1 is 1.13 bits per heavy atom. The second kappa shape index (κ2) is 5.91. The van der Waals surface area contributed by atoms with Crippen molar-refractivity contribution in [1.82, 2.24) is 10.3 Å². The van der Waals surface area contributed by atoms with Crippen LogP contribution < -0.4 is 10.1 Å². The fourth-order valence-corrected chi connectivity index (χ4v) is 3.71. The van der Waals surface area contributed by atoms with Crippen LogP contribution in [0.5, 0.6) is 5.75 Å². The SMILES string of the molecule is COc1ccccc1Cc1ccc(Cl)c2[nH]c3c(c12)CNCC3. The first-order valence-corrected chi connectivity index (χ1v) is 8.29. The minimum atomic E-state index is 0.790. The summed E-state index contributed by atoms with van der Waals surface area (Å²) in [5, 5.41) is 5.52. The maximum absolute atomic E-state index is 6.43. The van der Waals surface area contributed by atoms with Gasteiger partial charge in [-0.2, -0.15) is 0 Å². The van der Waals surface area contributed by atoms with E-state index in [2.05, 4.69) is 28.5 Å². The van der Waals surface area contributed by atoms with Gasteiger partial charge < -0.3 is 15.0 Å². The summed E-state index contributed by atoms with van der Waals surface area (Å²) in [5.41, 5.74) is 6.21. The number of hydrogen-bond acceptors (Lipinski definition) is 2. The molecule has 0 saturated heterocycles. The maximum Gasteiger partial charge on any atom is 0.122 e. The third-order valence-electron chi connectivity index (χ3n) is 4.61. The number of ether oxygens (including phenoxy) is 1. The lowest BCUT2D eigenvalue weighted by atomic mass is 9.96.